The lowest BCUT2D eigenvalue weighted by atomic mass is 10.0. The van der Waals surface area contributed by atoms with Crippen LogP contribution in [0.5, 0.6) is 11.5 Å². The molecular formula is C22H19FN2O3. The largest absolute Gasteiger partial charge is 0.457 e. The van der Waals surface area contributed by atoms with E-state index in [1.54, 1.807) is 23.8 Å². The quantitative estimate of drug-likeness (QED) is 0.365. The van der Waals surface area contributed by atoms with E-state index in [0.717, 1.165) is 24.0 Å². The van der Waals surface area contributed by atoms with E-state index in [-0.39, 0.29) is 5.82 Å². The van der Waals surface area contributed by atoms with Gasteiger partial charge in [0.15, 0.2) is 0 Å². The molecule has 0 aliphatic rings. The van der Waals surface area contributed by atoms with Crippen molar-refractivity contribution in [3.05, 3.63) is 95.6 Å². The number of rotatable bonds is 7. The van der Waals surface area contributed by atoms with Crippen LogP contribution in [0, 0.1) is 5.82 Å². The first-order valence-electron chi connectivity index (χ1n) is 8.71. The predicted octanol–water partition coefficient (Wildman–Crippen LogP) is 4.32. The summed E-state index contributed by atoms with van der Waals surface area (Å²) >= 11 is 0. The minimum absolute atomic E-state index is 0.349. The topological polar surface area (TPSA) is 71.5 Å². The molecule has 2 aromatic carbocycles. The van der Waals surface area contributed by atoms with Gasteiger partial charge in [0, 0.05) is 24.0 Å². The van der Waals surface area contributed by atoms with Crippen molar-refractivity contribution in [2.24, 2.45) is 0 Å². The molecule has 0 aliphatic heterocycles. The maximum Gasteiger partial charge on any atom is 0.267 e. The molecule has 0 bridgehead atoms. The molecular weight excluding hydrogens is 359 g/mol. The molecule has 142 valence electrons. The number of benzene rings is 2. The Labute approximate surface area is 162 Å². The molecule has 1 amide bonds. The van der Waals surface area contributed by atoms with Crippen LogP contribution in [0.4, 0.5) is 4.39 Å². The number of ether oxygens (including phenoxy) is 1. The maximum atomic E-state index is 13.1. The number of amides is 1. The summed E-state index contributed by atoms with van der Waals surface area (Å²) in [7, 11) is 0. The van der Waals surface area contributed by atoms with Crippen LogP contribution in [0.25, 0.3) is 6.08 Å². The Bertz CT molecular complexity index is 957. The average molecular weight is 378 g/mol. The van der Waals surface area contributed by atoms with Crippen LogP contribution >= 0.6 is 0 Å². The van der Waals surface area contributed by atoms with Gasteiger partial charge in [-0.1, -0.05) is 12.1 Å². The molecule has 3 rings (SSSR count). The van der Waals surface area contributed by atoms with Crippen molar-refractivity contribution in [3.63, 3.8) is 0 Å². The van der Waals surface area contributed by atoms with Gasteiger partial charge < -0.3 is 4.74 Å². The number of halogens is 1. The van der Waals surface area contributed by atoms with Crippen molar-refractivity contribution >= 4 is 12.0 Å². The number of carbonyl (C=O) groups excluding carboxylic acids is 1. The Kier molecular flexibility index (Phi) is 6.49. The molecule has 0 unspecified atom stereocenters. The fourth-order valence-corrected chi connectivity index (χ4v) is 2.64. The SMILES string of the molecule is O=C(/C=C/c1cc(CCc2cccnc2)ccc1Oc1ccc(F)cc1)NO. The van der Waals surface area contributed by atoms with E-state index in [1.165, 1.54) is 30.3 Å². The summed E-state index contributed by atoms with van der Waals surface area (Å²) in [5.41, 5.74) is 4.41. The van der Waals surface area contributed by atoms with Crippen LogP contribution in [-0.4, -0.2) is 16.1 Å². The smallest absolute Gasteiger partial charge is 0.267 e. The molecule has 0 fully saturated rings. The van der Waals surface area contributed by atoms with Crippen molar-refractivity contribution in [1.82, 2.24) is 10.5 Å². The van der Waals surface area contributed by atoms with Crippen LogP contribution in [0.15, 0.2) is 73.1 Å². The second-order valence-electron chi connectivity index (χ2n) is 6.10. The van der Waals surface area contributed by atoms with E-state index in [1.807, 2.05) is 30.5 Å². The molecule has 0 atom stereocenters. The molecule has 6 heteroatoms. The van der Waals surface area contributed by atoms with Gasteiger partial charge in [0.25, 0.3) is 5.91 Å². The molecule has 28 heavy (non-hydrogen) atoms. The van der Waals surface area contributed by atoms with Gasteiger partial charge in [-0.15, -0.1) is 0 Å². The highest BCUT2D eigenvalue weighted by molar-refractivity contribution is 5.91. The van der Waals surface area contributed by atoms with Gasteiger partial charge in [0.2, 0.25) is 0 Å². The average Bonchev–Trinajstić information content (AvgIpc) is 2.74. The van der Waals surface area contributed by atoms with Crippen LogP contribution in [0.2, 0.25) is 0 Å². The zero-order chi connectivity index (χ0) is 19.8. The second-order valence-corrected chi connectivity index (χ2v) is 6.10. The number of hydrogen-bond donors (Lipinski definition) is 2. The molecule has 1 aromatic heterocycles. The molecule has 0 saturated heterocycles. The maximum absolute atomic E-state index is 13.1. The first-order valence-corrected chi connectivity index (χ1v) is 8.71. The third-order valence-corrected chi connectivity index (χ3v) is 4.07. The normalized spacial score (nSPS) is 10.8. The summed E-state index contributed by atoms with van der Waals surface area (Å²) in [6, 6.07) is 15.3. The zero-order valence-electron chi connectivity index (χ0n) is 15.0. The lowest BCUT2D eigenvalue weighted by molar-refractivity contribution is -0.124. The number of aryl methyl sites for hydroxylation is 2. The van der Waals surface area contributed by atoms with Gasteiger partial charge in [-0.3, -0.25) is 15.0 Å². The highest BCUT2D eigenvalue weighted by Gasteiger charge is 2.07. The minimum Gasteiger partial charge on any atom is -0.457 e. The highest BCUT2D eigenvalue weighted by atomic mass is 19.1. The van der Waals surface area contributed by atoms with Crippen molar-refractivity contribution in [3.8, 4) is 11.5 Å². The van der Waals surface area contributed by atoms with E-state index in [2.05, 4.69) is 4.98 Å². The highest BCUT2D eigenvalue weighted by Crippen LogP contribution is 2.28. The van der Waals surface area contributed by atoms with E-state index < -0.39 is 5.91 Å². The fourth-order valence-electron chi connectivity index (χ4n) is 2.64. The van der Waals surface area contributed by atoms with E-state index >= 15 is 0 Å². The summed E-state index contributed by atoms with van der Waals surface area (Å²) in [5.74, 6) is -0.00386. The Balaban J connectivity index is 1.82. The van der Waals surface area contributed by atoms with Crippen molar-refractivity contribution < 1.29 is 19.1 Å². The molecule has 0 saturated carbocycles. The standard InChI is InChI=1S/C22H19FN2O3/c23-19-7-9-20(10-8-19)28-21-11-5-16(3-4-17-2-1-13-24-15-17)14-18(21)6-12-22(26)25-27/h1-2,5-15,27H,3-4H2,(H,25,26)/b12-6+. The van der Waals surface area contributed by atoms with Gasteiger partial charge in [0.05, 0.1) is 0 Å². The summed E-state index contributed by atoms with van der Waals surface area (Å²) in [5, 5.41) is 8.68. The first-order chi connectivity index (χ1) is 13.6. The van der Waals surface area contributed by atoms with Crippen LogP contribution in [-0.2, 0) is 17.6 Å². The van der Waals surface area contributed by atoms with Gasteiger partial charge >= 0.3 is 0 Å². The van der Waals surface area contributed by atoms with E-state index in [9.17, 15) is 9.18 Å². The number of pyridine rings is 1. The third kappa shape index (κ3) is 5.49. The number of hydrogen-bond acceptors (Lipinski definition) is 4. The van der Waals surface area contributed by atoms with Crippen LogP contribution < -0.4 is 10.2 Å². The summed E-state index contributed by atoms with van der Waals surface area (Å²) in [6.07, 6.45) is 7.94. The van der Waals surface area contributed by atoms with Gasteiger partial charge in [-0.25, -0.2) is 9.87 Å². The molecule has 5 nitrogen and oxygen atoms in total. The van der Waals surface area contributed by atoms with Crippen molar-refractivity contribution in [2.75, 3.05) is 0 Å². The molecule has 0 aliphatic carbocycles. The second kappa shape index (κ2) is 9.43. The van der Waals surface area contributed by atoms with Crippen LogP contribution in [0.3, 0.4) is 0 Å². The third-order valence-electron chi connectivity index (χ3n) is 4.07. The Morgan fingerprint density at radius 3 is 2.61 bits per heavy atom. The number of hydroxylamine groups is 1. The summed E-state index contributed by atoms with van der Waals surface area (Å²) in [4.78, 5) is 15.5. The molecule has 1 heterocycles. The molecule has 0 spiro atoms. The lowest BCUT2D eigenvalue weighted by Gasteiger charge is -2.11. The predicted molar refractivity (Wildman–Crippen MR) is 104 cm³/mol. The monoisotopic (exact) mass is 378 g/mol. The number of aromatic nitrogens is 1. The van der Waals surface area contributed by atoms with Crippen molar-refractivity contribution in [2.45, 2.75) is 12.8 Å². The van der Waals surface area contributed by atoms with Gasteiger partial charge in [-0.2, -0.15) is 0 Å². The Hall–Kier alpha value is -3.51. The summed E-state index contributed by atoms with van der Waals surface area (Å²) < 4.78 is 18.9. The lowest BCUT2D eigenvalue weighted by Crippen LogP contribution is -2.14. The van der Waals surface area contributed by atoms with E-state index in [0.29, 0.717) is 17.1 Å². The number of nitrogens with one attached hydrogen (secondary N) is 1. The van der Waals surface area contributed by atoms with E-state index in [4.69, 9.17) is 9.94 Å². The number of carbonyl (C=O) groups is 1. The molecule has 3 aromatic rings. The van der Waals surface area contributed by atoms with Gasteiger partial charge in [0.1, 0.15) is 17.3 Å². The first kappa shape index (κ1) is 19.3. The fraction of sp³-hybridized carbons (Fsp3) is 0.0909. The van der Waals surface area contributed by atoms with Crippen molar-refractivity contribution in [1.29, 1.82) is 0 Å². The molecule has 0 radical (unpaired) electrons. The van der Waals surface area contributed by atoms with Crippen LogP contribution in [0.1, 0.15) is 16.7 Å². The zero-order valence-corrected chi connectivity index (χ0v) is 15.0. The Morgan fingerprint density at radius 1 is 1.11 bits per heavy atom. The Morgan fingerprint density at radius 2 is 1.89 bits per heavy atom. The molecule has 2 N–H and O–H groups in total. The minimum atomic E-state index is -0.645. The summed E-state index contributed by atoms with van der Waals surface area (Å²) in [6.45, 7) is 0. The number of nitrogens with zero attached hydrogens (tertiary/aromatic N) is 1. The van der Waals surface area contributed by atoms with Gasteiger partial charge in [-0.05, 0) is 72.5 Å².